The van der Waals surface area contributed by atoms with Crippen molar-refractivity contribution < 1.29 is 0 Å². The van der Waals surface area contributed by atoms with E-state index in [1.54, 1.807) is 0 Å². The Hall–Kier alpha value is -1.78. The highest BCUT2D eigenvalue weighted by molar-refractivity contribution is 6.17. The number of halogens is 1. The molecule has 0 aliphatic heterocycles. The molecule has 0 aliphatic rings. The molecule has 2 rings (SSSR count). The Labute approximate surface area is 138 Å². The van der Waals surface area contributed by atoms with E-state index in [4.69, 9.17) is 11.6 Å². The van der Waals surface area contributed by atoms with Gasteiger partial charge in [0.2, 0.25) is 0 Å². The lowest BCUT2D eigenvalue weighted by Crippen LogP contribution is -2.32. The Morgan fingerprint density at radius 2 is 1.64 bits per heavy atom. The van der Waals surface area contributed by atoms with Crippen molar-refractivity contribution in [2.45, 2.75) is 37.5 Å². The van der Waals surface area contributed by atoms with Crippen LogP contribution in [0.25, 0.3) is 0 Å². The molecule has 2 aromatic carbocycles. The lowest BCUT2D eigenvalue weighted by atomic mass is 9.65. The Bertz CT molecular complexity index is 603. The van der Waals surface area contributed by atoms with Crippen molar-refractivity contribution >= 4 is 11.6 Å². The summed E-state index contributed by atoms with van der Waals surface area (Å²) >= 11 is 5.94. The molecule has 22 heavy (non-hydrogen) atoms. The van der Waals surface area contributed by atoms with Crippen molar-refractivity contribution in [3.8, 4) is 6.07 Å². The summed E-state index contributed by atoms with van der Waals surface area (Å²) in [5, 5.41) is 10.1. The van der Waals surface area contributed by atoms with E-state index in [9.17, 15) is 5.26 Å². The SMILES string of the molecule is CC[C@@H](c1ccccc1)[C@@](C#N)(CCCCl)c1ccccc1. The number of rotatable bonds is 7. The highest BCUT2D eigenvalue weighted by atomic mass is 35.5. The summed E-state index contributed by atoms with van der Waals surface area (Å²) < 4.78 is 0. The third-order valence-corrected chi connectivity index (χ3v) is 4.67. The first-order valence-electron chi connectivity index (χ1n) is 7.86. The van der Waals surface area contributed by atoms with Crippen LogP contribution in [0, 0.1) is 11.3 Å². The Balaban J connectivity index is 2.53. The highest BCUT2D eigenvalue weighted by Crippen LogP contribution is 2.44. The van der Waals surface area contributed by atoms with Crippen LogP contribution in [0.15, 0.2) is 60.7 Å². The smallest absolute Gasteiger partial charge is 0.0890 e. The van der Waals surface area contributed by atoms with Gasteiger partial charge in [0.25, 0.3) is 0 Å². The molecule has 0 radical (unpaired) electrons. The van der Waals surface area contributed by atoms with Gasteiger partial charge in [-0.1, -0.05) is 67.6 Å². The largest absolute Gasteiger partial charge is 0.197 e. The lowest BCUT2D eigenvalue weighted by molar-refractivity contribution is 0.392. The van der Waals surface area contributed by atoms with E-state index in [0.29, 0.717) is 5.88 Å². The molecular weight excluding hydrogens is 290 g/mol. The fraction of sp³-hybridized carbons (Fsp3) is 0.350. The highest BCUT2D eigenvalue weighted by Gasteiger charge is 2.40. The van der Waals surface area contributed by atoms with Crippen molar-refractivity contribution in [2.75, 3.05) is 5.88 Å². The summed E-state index contributed by atoms with van der Waals surface area (Å²) in [6, 6.07) is 23.2. The molecule has 2 aromatic rings. The van der Waals surface area contributed by atoms with Crippen LogP contribution in [-0.4, -0.2) is 5.88 Å². The van der Waals surface area contributed by atoms with E-state index in [-0.39, 0.29) is 5.92 Å². The van der Waals surface area contributed by atoms with Crippen LogP contribution in [0.4, 0.5) is 0 Å². The van der Waals surface area contributed by atoms with Crippen LogP contribution >= 0.6 is 11.6 Å². The van der Waals surface area contributed by atoms with E-state index < -0.39 is 5.41 Å². The van der Waals surface area contributed by atoms with Crippen molar-refractivity contribution in [1.29, 1.82) is 5.26 Å². The molecule has 1 nitrogen and oxygen atoms in total. The summed E-state index contributed by atoms with van der Waals surface area (Å²) in [5.74, 6) is 0.755. The maximum absolute atomic E-state index is 10.1. The average Bonchev–Trinajstić information content (AvgIpc) is 2.60. The molecular formula is C20H22ClN. The number of nitriles is 1. The van der Waals surface area contributed by atoms with Gasteiger partial charge in [0, 0.05) is 11.8 Å². The van der Waals surface area contributed by atoms with E-state index in [2.05, 4.69) is 37.3 Å². The van der Waals surface area contributed by atoms with Crippen LogP contribution < -0.4 is 0 Å². The number of hydrogen-bond acceptors (Lipinski definition) is 1. The van der Waals surface area contributed by atoms with Gasteiger partial charge in [-0.3, -0.25) is 0 Å². The van der Waals surface area contributed by atoms with E-state index in [1.807, 2.05) is 36.4 Å². The van der Waals surface area contributed by atoms with Gasteiger partial charge in [-0.2, -0.15) is 5.26 Å². The zero-order valence-corrected chi connectivity index (χ0v) is 13.8. The van der Waals surface area contributed by atoms with Crippen molar-refractivity contribution in [3.05, 3.63) is 71.8 Å². The molecule has 0 saturated heterocycles. The third kappa shape index (κ3) is 3.34. The maximum atomic E-state index is 10.1. The second-order valence-corrected chi connectivity index (χ2v) is 5.99. The van der Waals surface area contributed by atoms with Gasteiger partial charge in [0.15, 0.2) is 0 Å². The van der Waals surface area contributed by atoms with Gasteiger partial charge in [-0.25, -0.2) is 0 Å². The summed E-state index contributed by atoms with van der Waals surface area (Å²) in [4.78, 5) is 0. The molecule has 0 saturated carbocycles. The number of nitrogens with zero attached hydrogens (tertiary/aromatic N) is 1. The van der Waals surface area contributed by atoms with Crippen LogP contribution in [0.2, 0.25) is 0 Å². The van der Waals surface area contributed by atoms with E-state index in [1.165, 1.54) is 5.56 Å². The second-order valence-electron chi connectivity index (χ2n) is 5.61. The molecule has 0 N–H and O–H groups in total. The average molecular weight is 312 g/mol. The van der Waals surface area contributed by atoms with Crippen LogP contribution in [0.1, 0.15) is 43.2 Å². The molecule has 2 heteroatoms. The summed E-state index contributed by atoms with van der Waals surface area (Å²) in [6.45, 7) is 2.16. The predicted molar refractivity (Wildman–Crippen MR) is 93.2 cm³/mol. The zero-order chi connectivity index (χ0) is 15.8. The first kappa shape index (κ1) is 16.6. The Morgan fingerprint density at radius 3 is 2.14 bits per heavy atom. The molecule has 0 fully saturated rings. The third-order valence-electron chi connectivity index (χ3n) is 4.40. The quantitative estimate of drug-likeness (QED) is 0.605. The van der Waals surface area contributed by atoms with Crippen LogP contribution in [-0.2, 0) is 5.41 Å². The lowest BCUT2D eigenvalue weighted by Gasteiger charge is -2.35. The van der Waals surface area contributed by atoms with Gasteiger partial charge in [-0.05, 0) is 30.4 Å². The number of hydrogen-bond donors (Lipinski definition) is 0. The predicted octanol–water partition coefficient (Wildman–Crippen LogP) is 5.66. The molecule has 0 aliphatic carbocycles. The first-order valence-corrected chi connectivity index (χ1v) is 8.39. The van der Waals surface area contributed by atoms with E-state index in [0.717, 1.165) is 24.8 Å². The number of alkyl halides is 1. The minimum absolute atomic E-state index is 0.171. The molecule has 114 valence electrons. The summed E-state index contributed by atoms with van der Waals surface area (Å²) in [5.41, 5.74) is 1.80. The summed E-state index contributed by atoms with van der Waals surface area (Å²) in [6.07, 6.45) is 2.55. The first-order chi connectivity index (χ1) is 10.8. The molecule has 2 atom stereocenters. The monoisotopic (exact) mass is 311 g/mol. The molecule has 0 amide bonds. The molecule has 0 bridgehead atoms. The standard InChI is InChI=1S/C20H22ClN/c1-2-19(17-10-5-3-6-11-17)20(16-22,14-9-15-21)18-12-7-4-8-13-18/h3-8,10-13,19H,2,9,14-15H2,1H3/t19-,20+/m0/s1. The summed E-state index contributed by atoms with van der Waals surface area (Å²) in [7, 11) is 0. The fourth-order valence-corrected chi connectivity index (χ4v) is 3.49. The van der Waals surface area contributed by atoms with E-state index >= 15 is 0 Å². The zero-order valence-electron chi connectivity index (χ0n) is 13.0. The fourth-order valence-electron chi connectivity index (χ4n) is 3.35. The van der Waals surface area contributed by atoms with Crippen molar-refractivity contribution in [2.24, 2.45) is 0 Å². The van der Waals surface area contributed by atoms with Gasteiger partial charge in [-0.15, -0.1) is 11.6 Å². The van der Waals surface area contributed by atoms with Gasteiger partial charge in [0.05, 0.1) is 11.5 Å². The minimum Gasteiger partial charge on any atom is -0.197 e. The van der Waals surface area contributed by atoms with Crippen LogP contribution in [0.5, 0.6) is 0 Å². The second kappa shape index (κ2) is 8.01. The Kier molecular flexibility index (Phi) is 6.04. The van der Waals surface area contributed by atoms with Gasteiger partial charge >= 0.3 is 0 Å². The van der Waals surface area contributed by atoms with Crippen molar-refractivity contribution in [3.63, 3.8) is 0 Å². The molecule has 0 heterocycles. The van der Waals surface area contributed by atoms with Gasteiger partial charge in [0.1, 0.15) is 0 Å². The van der Waals surface area contributed by atoms with Crippen LogP contribution in [0.3, 0.4) is 0 Å². The molecule has 0 unspecified atom stereocenters. The number of benzene rings is 2. The minimum atomic E-state index is -0.522. The maximum Gasteiger partial charge on any atom is 0.0890 e. The normalized spacial score (nSPS) is 14.8. The molecule has 0 spiro atoms. The Morgan fingerprint density at radius 1 is 1.05 bits per heavy atom. The van der Waals surface area contributed by atoms with Crippen molar-refractivity contribution in [1.82, 2.24) is 0 Å². The van der Waals surface area contributed by atoms with Gasteiger partial charge < -0.3 is 0 Å². The molecule has 0 aromatic heterocycles. The topological polar surface area (TPSA) is 23.8 Å².